The van der Waals surface area contributed by atoms with Gasteiger partial charge in [0.05, 0.1) is 24.1 Å². The molecule has 0 saturated heterocycles. The molecule has 4 aliphatic carbocycles. The van der Waals surface area contributed by atoms with E-state index in [0.29, 0.717) is 12.8 Å². The average molecular weight is 532 g/mol. The van der Waals surface area contributed by atoms with Crippen molar-refractivity contribution in [2.24, 2.45) is 46.3 Å². The van der Waals surface area contributed by atoms with E-state index in [1.807, 2.05) is 6.92 Å². The molecule has 0 radical (unpaired) electrons. The van der Waals surface area contributed by atoms with Crippen LogP contribution in [0.1, 0.15) is 72.1 Å². The summed E-state index contributed by atoms with van der Waals surface area (Å²) in [6, 6.07) is 0. The van der Waals surface area contributed by atoms with Gasteiger partial charge in [0.15, 0.2) is 0 Å². The van der Waals surface area contributed by atoms with Gasteiger partial charge in [-0.2, -0.15) is 8.42 Å². The van der Waals surface area contributed by atoms with Gasteiger partial charge in [-0.3, -0.25) is 9.35 Å². The van der Waals surface area contributed by atoms with E-state index in [1.54, 1.807) is 0 Å². The summed E-state index contributed by atoms with van der Waals surface area (Å²) in [7, 11) is -4.20. The smallest absolute Gasteiger partial charge is 0.266 e. The fourth-order valence-electron chi connectivity index (χ4n) is 9.18. The van der Waals surface area contributed by atoms with Crippen molar-refractivity contribution in [1.82, 2.24) is 5.32 Å². The minimum Gasteiger partial charge on any atom is -0.393 e. The molecule has 4 unspecified atom stereocenters. The molecule has 4 aliphatic rings. The molecule has 1 amide bonds. The molecule has 0 heterocycles. The molecule has 4 fully saturated rings. The molecule has 208 valence electrons. The lowest BCUT2D eigenvalue weighted by molar-refractivity contribution is -0.207. The second-order valence-electron chi connectivity index (χ2n) is 12.8. The SMILES string of the molecule is C[C@H](CC(O)C(=O)NCCS(=O)(=O)O)[C@H]1CCC2C3C(C[C@H](O)[C@@]21C)[C@@]1(C)CC[C@@H](O)C[C@H]1C[C@H]3O. The van der Waals surface area contributed by atoms with E-state index in [1.165, 1.54) is 0 Å². The molecule has 0 aromatic heterocycles. The van der Waals surface area contributed by atoms with Gasteiger partial charge in [0, 0.05) is 6.54 Å². The monoisotopic (exact) mass is 531 g/mol. The quantitative estimate of drug-likeness (QED) is 0.268. The average Bonchev–Trinajstić information content (AvgIpc) is 3.13. The highest BCUT2D eigenvalue weighted by molar-refractivity contribution is 7.85. The molecular weight excluding hydrogens is 486 g/mol. The number of rotatable bonds is 7. The summed E-state index contributed by atoms with van der Waals surface area (Å²) < 4.78 is 30.5. The van der Waals surface area contributed by atoms with Gasteiger partial charge in [-0.15, -0.1) is 0 Å². The van der Waals surface area contributed by atoms with Crippen LogP contribution in [0.2, 0.25) is 0 Å². The highest BCUT2D eigenvalue weighted by atomic mass is 32.2. The summed E-state index contributed by atoms with van der Waals surface area (Å²) >= 11 is 0. The standard InChI is InChI=1S/C26H45NO8S/c1-14(10-21(30)24(32)27-8-9-36(33,34)35)17-4-5-18-23-19(13-22(31)26(17,18)3)25(2)7-6-16(28)11-15(25)12-20(23)29/h14-23,28-31H,4-13H2,1-3H3,(H,27,32)(H,33,34,35)/t14-,15+,16-,17-,18?,19?,20-,21?,22+,23?,25+,26-/m1/s1. The Kier molecular flexibility index (Phi) is 7.90. The van der Waals surface area contributed by atoms with Gasteiger partial charge in [0.2, 0.25) is 5.91 Å². The highest BCUT2D eigenvalue weighted by Gasteiger charge is 2.65. The van der Waals surface area contributed by atoms with Gasteiger partial charge in [0.1, 0.15) is 6.10 Å². The topological polar surface area (TPSA) is 164 Å². The maximum atomic E-state index is 12.3. The van der Waals surface area contributed by atoms with Crippen molar-refractivity contribution in [2.45, 2.75) is 96.6 Å². The van der Waals surface area contributed by atoms with Crippen LogP contribution in [-0.4, -0.2) is 76.0 Å². The third-order valence-electron chi connectivity index (χ3n) is 11.1. The summed E-state index contributed by atoms with van der Waals surface area (Å²) in [5.74, 6) is -0.554. The summed E-state index contributed by atoms with van der Waals surface area (Å²) in [5, 5.41) is 46.1. The van der Waals surface area contributed by atoms with Gasteiger partial charge in [-0.05, 0) is 97.7 Å². The number of fused-ring (bicyclic) bond motifs is 5. The van der Waals surface area contributed by atoms with Gasteiger partial charge < -0.3 is 25.7 Å². The Morgan fingerprint density at radius 1 is 1.06 bits per heavy atom. The first-order chi connectivity index (χ1) is 16.7. The number of aliphatic hydroxyl groups excluding tert-OH is 4. The van der Waals surface area contributed by atoms with Gasteiger partial charge in [-0.25, -0.2) is 0 Å². The number of carbonyl (C=O) groups excluding carboxylic acids is 1. The zero-order valence-electron chi connectivity index (χ0n) is 21.7. The van der Waals surface area contributed by atoms with Crippen LogP contribution in [0.5, 0.6) is 0 Å². The van der Waals surface area contributed by atoms with Crippen LogP contribution in [0.15, 0.2) is 0 Å². The maximum Gasteiger partial charge on any atom is 0.266 e. The van der Waals surface area contributed by atoms with E-state index in [2.05, 4.69) is 19.2 Å². The summed E-state index contributed by atoms with van der Waals surface area (Å²) in [5.41, 5.74) is -0.425. The molecular formula is C26H45NO8S. The minimum absolute atomic E-state index is 0.00543. The number of aliphatic hydroxyl groups is 4. The fraction of sp³-hybridized carbons (Fsp3) is 0.962. The van der Waals surface area contributed by atoms with Crippen molar-refractivity contribution in [1.29, 1.82) is 0 Å². The summed E-state index contributed by atoms with van der Waals surface area (Å²) in [6.45, 7) is 6.14. The molecule has 4 saturated carbocycles. The summed E-state index contributed by atoms with van der Waals surface area (Å²) in [6.07, 6.45) is 3.04. The van der Waals surface area contributed by atoms with E-state index in [9.17, 15) is 33.6 Å². The van der Waals surface area contributed by atoms with Crippen molar-refractivity contribution in [2.75, 3.05) is 12.3 Å². The normalized spacial score (nSPS) is 46.2. The predicted octanol–water partition coefficient (Wildman–Crippen LogP) is 1.34. The molecule has 10 heteroatoms. The molecule has 12 atom stereocenters. The molecule has 0 aromatic carbocycles. The third-order valence-corrected chi connectivity index (χ3v) is 11.8. The van der Waals surface area contributed by atoms with Crippen LogP contribution < -0.4 is 5.32 Å². The van der Waals surface area contributed by atoms with Gasteiger partial charge >= 0.3 is 0 Å². The highest BCUT2D eigenvalue weighted by Crippen LogP contribution is 2.68. The Morgan fingerprint density at radius 3 is 2.42 bits per heavy atom. The van der Waals surface area contributed by atoms with Crippen molar-refractivity contribution < 1.29 is 38.2 Å². The largest absolute Gasteiger partial charge is 0.393 e. The van der Waals surface area contributed by atoms with E-state index < -0.39 is 45.5 Å². The number of amides is 1. The first-order valence-corrected chi connectivity index (χ1v) is 15.2. The van der Waals surface area contributed by atoms with Crippen molar-refractivity contribution in [3.63, 3.8) is 0 Å². The Labute approximate surface area is 214 Å². The molecule has 0 spiro atoms. The maximum absolute atomic E-state index is 12.3. The van der Waals surface area contributed by atoms with Crippen molar-refractivity contribution in [3.8, 4) is 0 Å². The molecule has 9 nitrogen and oxygen atoms in total. The lowest BCUT2D eigenvalue weighted by Gasteiger charge is -2.63. The van der Waals surface area contributed by atoms with Crippen LogP contribution >= 0.6 is 0 Å². The Morgan fingerprint density at radius 2 is 1.75 bits per heavy atom. The zero-order valence-corrected chi connectivity index (χ0v) is 22.5. The van der Waals surface area contributed by atoms with Crippen LogP contribution in [-0.2, 0) is 14.9 Å². The van der Waals surface area contributed by atoms with Crippen LogP contribution in [0, 0.1) is 46.3 Å². The lowest BCUT2D eigenvalue weighted by Crippen LogP contribution is -2.62. The lowest BCUT2D eigenvalue weighted by atomic mass is 9.43. The van der Waals surface area contributed by atoms with Crippen molar-refractivity contribution in [3.05, 3.63) is 0 Å². The predicted molar refractivity (Wildman–Crippen MR) is 133 cm³/mol. The number of carbonyl (C=O) groups is 1. The molecule has 0 aromatic rings. The number of hydrogen-bond donors (Lipinski definition) is 6. The minimum atomic E-state index is -4.20. The first-order valence-electron chi connectivity index (χ1n) is 13.6. The van der Waals surface area contributed by atoms with Crippen LogP contribution in [0.3, 0.4) is 0 Å². The Hall–Kier alpha value is -0.780. The van der Waals surface area contributed by atoms with Gasteiger partial charge in [-0.1, -0.05) is 20.8 Å². The zero-order chi connectivity index (χ0) is 26.6. The molecule has 0 bridgehead atoms. The van der Waals surface area contributed by atoms with E-state index in [4.69, 9.17) is 4.55 Å². The number of nitrogens with one attached hydrogen (secondary N) is 1. The Bertz CT molecular complexity index is 929. The van der Waals surface area contributed by atoms with Crippen LogP contribution in [0.25, 0.3) is 0 Å². The van der Waals surface area contributed by atoms with E-state index in [-0.39, 0.29) is 60.0 Å². The molecule has 0 aliphatic heterocycles. The third kappa shape index (κ3) is 4.98. The van der Waals surface area contributed by atoms with Crippen LogP contribution in [0.4, 0.5) is 0 Å². The van der Waals surface area contributed by atoms with Crippen molar-refractivity contribution >= 4 is 16.0 Å². The summed E-state index contributed by atoms with van der Waals surface area (Å²) in [4.78, 5) is 12.3. The Balaban J connectivity index is 1.46. The molecule has 36 heavy (non-hydrogen) atoms. The first kappa shape index (κ1) is 28.2. The molecule has 6 N–H and O–H groups in total. The number of hydrogen-bond acceptors (Lipinski definition) is 7. The molecule has 4 rings (SSSR count). The second-order valence-corrected chi connectivity index (χ2v) is 14.4. The van der Waals surface area contributed by atoms with E-state index in [0.717, 1.165) is 32.1 Å². The van der Waals surface area contributed by atoms with Gasteiger partial charge in [0.25, 0.3) is 10.1 Å². The van der Waals surface area contributed by atoms with E-state index >= 15 is 0 Å². The second kappa shape index (κ2) is 10.1. The fourth-order valence-corrected chi connectivity index (χ4v) is 9.54.